The molecule has 192 valence electrons. The van der Waals surface area contributed by atoms with Crippen LogP contribution in [0.2, 0.25) is 0 Å². The van der Waals surface area contributed by atoms with Crippen molar-refractivity contribution in [3.05, 3.63) is 35.9 Å². The van der Waals surface area contributed by atoms with E-state index in [1.807, 2.05) is 30.3 Å². The monoisotopic (exact) mass is 495 g/mol. The zero-order valence-corrected chi connectivity index (χ0v) is 19.9. The molecule has 35 heavy (non-hydrogen) atoms. The molecule has 0 aliphatic carbocycles. The van der Waals surface area contributed by atoms with Crippen LogP contribution in [0.25, 0.3) is 0 Å². The van der Waals surface area contributed by atoms with Crippen LogP contribution in [0.5, 0.6) is 0 Å². The molecule has 5 atom stereocenters. The van der Waals surface area contributed by atoms with Crippen molar-refractivity contribution in [1.82, 2.24) is 5.32 Å². The summed E-state index contributed by atoms with van der Waals surface area (Å²) in [4.78, 5) is 59.3. The Morgan fingerprint density at radius 1 is 0.829 bits per heavy atom. The number of hydrogen-bond acceptors (Lipinski definition) is 11. The molecule has 1 fully saturated rings. The topological polar surface area (TPSA) is 153 Å². The highest BCUT2D eigenvalue weighted by molar-refractivity contribution is 5.78. The highest BCUT2D eigenvalue weighted by Crippen LogP contribution is 2.28. The maximum absolute atomic E-state index is 12.6. The van der Waals surface area contributed by atoms with Gasteiger partial charge in [0, 0.05) is 27.7 Å². The van der Waals surface area contributed by atoms with Crippen LogP contribution in [-0.2, 0) is 59.0 Å². The molecule has 1 aliphatic rings. The van der Waals surface area contributed by atoms with E-state index in [9.17, 15) is 24.0 Å². The lowest BCUT2D eigenvalue weighted by Crippen LogP contribution is -2.67. The van der Waals surface area contributed by atoms with E-state index in [4.69, 9.17) is 28.4 Å². The first-order valence-corrected chi connectivity index (χ1v) is 10.8. The summed E-state index contributed by atoms with van der Waals surface area (Å²) in [6.45, 7) is 3.90. The fourth-order valence-corrected chi connectivity index (χ4v) is 3.38. The number of hydrogen-bond donors (Lipinski definition) is 1. The van der Waals surface area contributed by atoms with Gasteiger partial charge in [-0.3, -0.25) is 24.0 Å². The van der Waals surface area contributed by atoms with E-state index in [0.29, 0.717) is 0 Å². The highest BCUT2D eigenvalue weighted by atomic mass is 16.7. The van der Waals surface area contributed by atoms with Gasteiger partial charge in [-0.15, -0.1) is 0 Å². The normalized spacial score (nSPS) is 23.5. The minimum absolute atomic E-state index is 0.163. The Morgan fingerprint density at radius 3 is 2.00 bits per heavy atom. The first-order chi connectivity index (χ1) is 16.6. The van der Waals surface area contributed by atoms with E-state index in [0.717, 1.165) is 33.3 Å². The minimum Gasteiger partial charge on any atom is -0.463 e. The van der Waals surface area contributed by atoms with Crippen molar-refractivity contribution >= 4 is 29.8 Å². The average Bonchev–Trinajstić information content (AvgIpc) is 2.76. The van der Waals surface area contributed by atoms with Crippen LogP contribution >= 0.6 is 0 Å². The van der Waals surface area contributed by atoms with Gasteiger partial charge in [-0.25, -0.2) is 0 Å². The van der Waals surface area contributed by atoms with E-state index in [2.05, 4.69) is 5.32 Å². The molecule has 2 unspecified atom stereocenters. The Balaban J connectivity index is 2.24. The zero-order chi connectivity index (χ0) is 26.0. The summed E-state index contributed by atoms with van der Waals surface area (Å²) in [7, 11) is 0. The van der Waals surface area contributed by atoms with Crippen LogP contribution in [0.4, 0.5) is 0 Å². The molecule has 1 N–H and O–H groups in total. The van der Waals surface area contributed by atoms with E-state index < -0.39 is 67.0 Å². The van der Waals surface area contributed by atoms with Crippen LogP contribution in [0.3, 0.4) is 0 Å². The zero-order valence-electron chi connectivity index (χ0n) is 19.9. The van der Waals surface area contributed by atoms with Gasteiger partial charge in [0.1, 0.15) is 25.4 Å². The summed E-state index contributed by atoms with van der Waals surface area (Å²) in [5.74, 6) is -3.54. The second-order valence-electron chi connectivity index (χ2n) is 7.67. The Hall–Kier alpha value is -3.51. The Labute approximate surface area is 202 Å². The molecule has 0 aromatic heterocycles. The standard InChI is InChI=1S/C23H29NO11/c1-13(25)31-11-18-21(32-14(2)26)22(33-15(3)27)20(23(35-18)34-16(4)28)24-19(29)12-30-10-17-8-6-5-7-9-17/h5-9,18,20-23H,10-12H2,1-4H3,(H,24,29)/t18?,20-,21-,22?,23-/m1/s1. The third-order valence-electron chi connectivity index (χ3n) is 4.66. The predicted octanol–water partition coefficient (Wildman–Crippen LogP) is 0.403. The summed E-state index contributed by atoms with van der Waals surface area (Å²) < 4.78 is 32.0. The maximum Gasteiger partial charge on any atom is 0.305 e. The predicted molar refractivity (Wildman–Crippen MR) is 116 cm³/mol. The first-order valence-electron chi connectivity index (χ1n) is 10.8. The fraction of sp³-hybridized carbons (Fsp3) is 0.522. The van der Waals surface area contributed by atoms with E-state index in [1.54, 1.807) is 0 Å². The highest BCUT2D eigenvalue weighted by Gasteiger charge is 2.52. The van der Waals surface area contributed by atoms with Crippen molar-refractivity contribution in [3.63, 3.8) is 0 Å². The van der Waals surface area contributed by atoms with Crippen molar-refractivity contribution in [1.29, 1.82) is 0 Å². The van der Waals surface area contributed by atoms with Gasteiger partial charge >= 0.3 is 23.9 Å². The van der Waals surface area contributed by atoms with Crippen LogP contribution in [0.1, 0.15) is 33.3 Å². The van der Waals surface area contributed by atoms with Crippen molar-refractivity contribution < 1.29 is 52.4 Å². The molecule has 1 saturated heterocycles. The molecule has 0 radical (unpaired) electrons. The molecule has 1 heterocycles. The van der Waals surface area contributed by atoms with E-state index in [-0.39, 0.29) is 13.2 Å². The van der Waals surface area contributed by atoms with E-state index in [1.165, 1.54) is 0 Å². The molecule has 1 amide bonds. The summed E-state index contributed by atoms with van der Waals surface area (Å²) in [5, 5.41) is 2.56. The number of nitrogens with one attached hydrogen (secondary N) is 1. The molecule has 0 bridgehead atoms. The molecule has 12 heteroatoms. The number of ether oxygens (including phenoxy) is 6. The summed E-state index contributed by atoms with van der Waals surface area (Å²) in [6.07, 6.45) is -5.26. The molecule has 0 spiro atoms. The van der Waals surface area contributed by atoms with Crippen LogP contribution in [-0.4, -0.2) is 73.6 Å². The van der Waals surface area contributed by atoms with E-state index >= 15 is 0 Å². The minimum atomic E-state index is -1.46. The number of benzene rings is 1. The summed E-state index contributed by atoms with van der Waals surface area (Å²) >= 11 is 0. The largest absolute Gasteiger partial charge is 0.463 e. The Morgan fingerprint density at radius 2 is 1.43 bits per heavy atom. The van der Waals surface area contributed by atoms with Crippen molar-refractivity contribution in [3.8, 4) is 0 Å². The lowest BCUT2D eigenvalue weighted by Gasteiger charge is -2.44. The third kappa shape index (κ3) is 9.33. The molecule has 1 aromatic rings. The van der Waals surface area contributed by atoms with Crippen LogP contribution < -0.4 is 5.32 Å². The molecule has 1 aromatic carbocycles. The molecule has 0 saturated carbocycles. The van der Waals surface area contributed by atoms with Crippen LogP contribution in [0, 0.1) is 0 Å². The van der Waals surface area contributed by atoms with Gasteiger partial charge in [0.25, 0.3) is 0 Å². The number of carbonyl (C=O) groups is 5. The Kier molecular flexibility index (Phi) is 10.6. The van der Waals surface area contributed by atoms with Crippen molar-refractivity contribution in [2.45, 2.75) is 64.9 Å². The van der Waals surface area contributed by atoms with Crippen molar-refractivity contribution in [2.24, 2.45) is 0 Å². The van der Waals surface area contributed by atoms with Gasteiger partial charge in [-0.05, 0) is 5.56 Å². The lowest BCUT2D eigenvalue weighted by atomic mass is 9.96. The van der Waals surface area contributed by atoms with Gasteiger partial charge in [-0.1, -0.05) is 30.3 Å². The smallest absolute Gasteiger partial charge is 0.305 e. The first kappa shape index (κ1) is 27.7. The van der Waals surface area contributed by atoms with Crippen molar-refractivity contribution in [2.75, 3.05) is 13.2 Å². The second-order valence-corrected chi connectivity index (χ2v) is 7.67. The quantitative estimate of drug-likeness (QED) is 0.354. The fourth-order valence-electron chi connectivity index (χ4n) is 3.38. The lowest BCUT2D eigenvalue weighted by molar-refractivity contribution is -0.271. The molecule has 12 nitrogen and oxygen atoms in total. The van der Waals surface area contributed by atoms with Gasteiger partial charge in [0.05, 0.1) is 6.61 Å². The number of rotatable bonds is 10. The van der Waals surface area contributed by atoms with Crippen LogP contribution in [0.15, 0.2) is 30.3 Å². The SMILES string of the molecule is CC(=O)OCC1O[C@@H](OC(C)=O)[C@H](NC(=O)COCc2ccccc2)C(OC(C)=O)[C@@H]1OC(C)=O. The molecule has 1 aliphatic heterocycles. The number of carbonyl (C=O) groups excluding carboxylic acids is 5. The molecular weight excluding hydrogens is 466 g/mol. The van der Waals surface area contributed by atoms with Gasteiger partial charge < -0.3 is 33.7 Å². The molecule has 2 rings (SSSR count). The van der Waals surface area contributed by atoms with Gasteiger partial charge in [-0.2, -0.15) is 0 Å². The Bertz CT molecular complexity index is 904. The van der Waals surface area contributed by atoms with Gasteiger partial charge in [0.2, 0.25) is 12.2 Å². The second kappa shape index (κ2) is 13.4. The maximum atomic E-state index is 12.6. The van der Waals surface area contributed by atoms with Gasteiger partial charge in [0.15, 0.2) is 12.2 Å². The average molecular weight is 495 g/mol. The number of amides is 1. The summed E-state index contributed by atoms with van der Waals surface area (Å²) in [5.41, 5.74) is 0.847. The number of esters is 4. The summed E-state index contributed by atoms with van der Waals surface area (Å²) in [6, 6.07) is 7.88. The third-order valence-corrected chi connectivity index (χ3v) is 4.66. The molecular formula is C23H29NO11.